The van der Waals surface area contributed by atoms with Gasteiger partial charge in [0.1, 0.15) is 12.6 Å². The summed E-state index contributed by atoms with van der Waals surface area (Å²) < 4.78 is 15.7. The van der Waals surface area contributed by atoms with Gasteiger partial charge in [0, 0.05) is 26.3 Å². The molecule has 0 radical (unpaired) electrons. The van der Waals surface area contributed by atoms with Crippen LogP contribution in [0.3, 0.4) is 0 Å². The van der Waals surface area contributed by atoms with Crippen LogP contribution in [0.2, 0.25) is 0 Å². The molecule has 198 valence electrons. The molecule has 37 heavy (non-hydrogen) atoms. The predicted octanol–water partition coefficient (Wildman–Crippen LogP) is 2.21. The number of carbonyl (C=O) groups excluding carboxylic acids is 4. The smallest absolute Gasteiger partial charge is 0.407 e. The first-order valence-electron chi connectivity index (χ1n) is 12.3. The van der Waals surface area contributed by atoms with E-state index in [9.17, 15) is 19.2 Å². The molecular weight excluding hydrogens is 478 g/mol. The lowest BCUT2D eigenvalue weighted by atomic mass is 10.0. The maximum Gasteiger partial charge on any atom is 0.407 e. The van der Waals surface area contributed by atoms with Gasteiger partial charge in [0.25, 0.3) is 0 Å². The third kappa shape index (κ3) is 9.92. The SMILES string of the molecule is CC(=O)O[C@@H]1OCC[C@@H]1NC(=O)[C@H](Cc1ccccc1)NC(=O)CCCNC(=O)OCc1ccccc1. The molecule has 3 rings (SSSR count). The molecule has 3 atom stereocenters. The molecule has 1 aliphatic heterocycles. The Hall–Kier alpha value is -3.92. The van der Waals surface area contributed by atoms with Crippen molar-refractivity contribution in [2.75, 3.05) is 13.2 Å². The van der Waals surface area contributed by atoms with Crippen molar-refractivity contribution in [2.24, 2.45) is 0 Å². The maximum absolute atomic E-state index is 13.1. The standard InChI is InChI=1S/C27H33N3O7/c1-19(31)37-26-22(14-16-35-26)30-25(33)23(17-20-9-4-2-5-10-20)29-24(32)13-8-15-28-27(34)36-18-21-11-6-3-7-12-21/h2-7,9-12,22-23,26H,8,13-18H2,1H3,(H,28,34)(H,29,32)(H,30,33)/t22-,23-,26-/m0/s1. The van der Waals surface area contributed by atoms with E-state index in [1.165, 1.54) is 6.92 Å². The van der Waals surface area contributed by atoms with Gasteiger partial charge in [-0.2, -0.15) is 0 Å². The number of alkyl carbamates (subject to hydrolysis) is 1. The van der Waals surface area contributed by atoms with Crippen LogP contribution < -0.4 is 16.0 Å². The molecular formula is C27H33N3O7. The van der Waals surface area contributed by atoms with Gasteiger partial charge in [-0.25, -0.2) is 4.79 Å². The van der Waals surface area contributed by atoms with Gasteiger partial charge in [0.05, 0.1) is 12.6 Å². The van der Waals surface area contributed by atoms with Crippen LogP contribution in [0.15, 0.2) is 60.7 Å². The first-order chi connectivity index (χ1) is 17.9. The van der Waals surface area contributed by atoms with E-state index in [-0.39, 0.29) is 31.9 Å². The molecule has 0 aliphatic carbocycles. The number of benzene rings is 2. The van der Waals surface area contributed by atoms with Crippen molar-refractivity contribution >= 4 is 23.9 Å². The van der Waals surface area contributed by atoms with Crippen molar-refractivity contribution < 1.29 is 33.4 Å². The predicted molar refractivity (Wildman–Crippen MR) is 134 cm³/mol. The van der Waals surface area contributed by atoms with E-state index in [1.54, 1.807) is 0 Å². The number of hydrogen-bond acceptors (Lipinski definition) is 7. The molecule has 2 aromatic carbocycles. The molecule has 1 heterocycles. The highest BCUT2D eigenvalue weighted by Gasteiger charge is 2.34. The maximum atomic E-state index is 13.1. The Morgan fingerprint density at radius 1 is 1.00 bits per heavy atom. The van der Waals surface area contributed by atoms with Gasteiger partial charge in [-0.05, 0) is 24.0 Å². The molecule has 3 amide bonds. The summed E-state index contributed by atoms with van der Waals surface area (Å²) in [7, 11) is 0. The van der Waals surface area contributed by atoms with Crippen molar-refractivity contribution in [3.63, 3.8) is 0 Å². The second kappa shape index (κ2) is 14.6. The molecule has 0 spiro atoms. The van der Waals surface area contributed by atoms with Crippen LogP contribution in [0, 0.1) is 0 Å². The van der Waals surface area contributed by atoms with Crippen LogP contribution in [-0.2, 0) is 41.6 Å². The van der Waals surface area contributed by atoms with Crippen LogP contribution in [0.1, 0.15) is 37.3 Å². The summed E-state index contributed by atoms with van der Waals surface area (Å²) in [5.74, 6) is -1.22. The quantitative estimate of drug-likeness (QED) is 0.294. The number of nitrogens with one attached hydrogen (secondary N) is 3. The fourth-order valence-corrected chi connectivity index (χ4v) is 3.81. The zero-order valence-electron chi connectivity index (χ0n) is 20.8. The van der Waals surface area contributed by atoms with Crippen LogP contribution in [-0.4, -0.2) is 55.4 Å². The Kier molecular flexibility index (Phi) is 10.9. The van der Waals surface area contributed by atoms with Gasteiger partial charge in [0.15, 0.2) is 0 Å². The van der Waals surface area contributed by atoms with E-state index < -0.39 is 36.3 Å². The van der Waals surface area contributed by atoms with Crippen molar-refractivity contribution in [3.8, 4) is 0 Å². The first-order valence-corrected chi connectivity index (χ1v) is 12.3. The Morgan fingerprint density at radius 3 is 2.35 bits per heavy atom. The van der Waals surface area contributed by atoms with Crippen LogP contribution >= 0.6 is 0 Å². The van der Waals surface area contributed by atoms with Crippen molar-refractivity contribution in [3.05, 3.63) is 71.8 Å². The summed E-state index contributed by atoms with van der Waals surface area (Å²) in [6.45, 7) is 2.03. The van der Waals surface area contributed by atoms with Gasteiger partial charge >= 0.3 is 12.1 Å². The van der Waals surface area contributed by atoms with Gasteiger partial charge in [-0.15, -0.1) is 0 Å². The van der Waals surface area contributed by atoms with E-state index in [0.717, 1.165) is 11.1 Å². The van der Waals surface area contributed by atoms with E-state index in [1.807, 2.05) is 60.7 Å². The van der Waals surface area contributed by atoms with Gasteiger partial charge in [-0.3, -0.25) is 14.4 Å². The van der Waals surface area contributed by atoms with Crippen molar-refractivity contribution in [1.29, 1.82) is 0 Å². The van der Waals surface area contributed by atoms with E-state index >= 15 is 0 Å². The van der Waals surface area contributed by atoms with Gasteiger partial charge < -0.3 is 30.2 Å². The van der Waals surface area contributed by atoms with E-state index in [4.69, 9.17) is 14.2 Å². The molecule has 0 bridgehead atoms. The Morgan fingerprint density at radius 2 is 1.68 bits per heavy atom. The fourth-order valence-electron chi connectivity index (χ4n) is 3.81. The number of carbonyl (C=O) groups is 4. The highest BCUT2D eigenvalue weighted by atomic mass is 16.7. The monoisotopic (exact) mass is 511 g/mol. The molecule has 0 unspecified atom stereocenters. The van der Waals surface area contributed by atoms with Crippen molar-refractivity contribution in [2.45, 2.75) is 57.6 Å². The molecule has 1 saturated heterocycles. The van der Waals surface area contributed by atoms with E-state index in [2.05, 4.69) is 16.0 Å². The highest BCUT2D eigenvalue weighted by Crippen LogP contribution is 2.16. The largest absolute Gasteiger partial charge is 0.445 e. The number of rotatable bonds is 12. The van der Waals surface area contributed by atoms with Crippen LogP contribution in [0.25, 0.3) is 0 Å². The Bertz CT molecular complexity index is 1030. The molecule has 0 aromatic heterocycles. The molecule has 2 aromatic rings. The molecule has 3 N–H and O–H groups in total. The number of amides is 3. The third-order valence-corrected chi connectivity index (χ3v) is 5.65. The molecule has 0 saturated carbocycles. The average Bonchev–Trinajstić information content (AvgIpc) is 3.31. The number of ether oxygens (including phenoxy) is 3. The zero-order valence-corrected chi connectivity index (χ0v) is 20.8. The average molecular weight is 512 g/mol. The van der Waals surface area contributed by atoms with Gasteiger partial charge in [-0.1, -0.05) is 60.7 Å². The topological polar surface area (TPSA) is 132 Å². The number of esters is 1. The lowest BCUT2D eigenvalue weighted by Crippen LogP contribution is -2.52. The lowest BCUT2D eigenvalue weighted by molar-refractivity contribution is -0.170. The summed E-state index contributed by atoms with van der Waals surface area (Å²) in [5.41, 5.74) is 1.76. The third-order valence-electron chi connectivity index (χ3n) is 5.65. The molecule has 10 heteroatoms. The fraction of sp³-hybridized carbons (Fsp3) is 0.407. The minimum absolute atomic E-state index is 0.111. The Balaban J connectivity index is 1.46. The Labute approximate surface area is 216 Å². The second-order valence-electron chi connectivity index (χ2n) is 8.65. The summed E-state index contributed by atoms with van der Waals surface area (Å²) in [6, 6.07) is 17.3. The first kappa shape index (κ1) is 27.7. The second-order valence-corrected chi connectivity index (χ2v) is 8.65. The lowest BCUT2D eigenvalue weighted by Gasteiger charge is -2.23. The van der Waals surface area contributed by atoms with Crippen LogP contribution in [0.4, 0.5) is 4.79 Å². The summed E-state index contributed by atoms with van der Waals surface area (Å²) in [4.78, 5) is 48.9. The minimum Gasteiger partial charge on any atom is -0.445 e. The summed E-state index contributed by atoms with van der Waals surface area (Å²) >= 11 is 0. The van der Waals surface area contributed by atoms with E-state index in [0.29, 0.717) is 19.4 Å². The summed E-state index contributed by atoms with van der Waals surface area (Å²) in [5, 5.41) is 8.24. The minimum atomic E-state index is -0.859. The number of hydrogen-bond donors (Lipinski definition) is 3. The van der Waals surface area contributed by atoms with Gasteiger partial charge in [0.2, 0.25) is 18.1 Å². The molecule has 10 nitrogen and oxygen atoms in total. The normalized spacial score (nSPS) is 17.3. The highest BCUT2D eigenvalue weighted by molar-refractivity contribution is 5.88. The summed E-state index contributed by atoms with van der Waals surface area (Å²) in [6.07, 6.45) is -0.165. The van der Waals surface area contributed by atoms with Crippen LogP contribution in [0.5, 0.6) is 0 Å². The van der Waals surface area contributed by atoms with Crippen molar-refractivity contribution in [1.82, 2.24) is 16.0 Å². The molecule has 1 aliphatic rings. The zero-order chi connectivity index (χ0) is 26.5. The molecule has 1 fully saturated rings.